The maximum Gasteiger partial charge on any atom is 0.183 e. The molecule has 0 atom stereocenters. The van der Waals surface area contributed by atoms with E-state index >= 15 is 0 Å². The molecule has 2 aromatic heterocycles. The molecule has 3 aromatic rings. The predicted octanol–water partition coefficient (Wildman–Crippen LogP) is 2.59. The number of aromatic amines is 1. The van der Waals surface area contributed by atoms with Gasteiger partial charge in [-0.05, 0) is 30.7 Å². The van der Waals surface area contributed by atoms with Crippen LogP contribution in [0.2, 0.25) is 0 Å². The standard InChI is InChI=1S/C16H14N6O/c1-2-7-23-14-4-3-11(8-13(14)9-17)15-20-16(22-21-15)12-5-6-18-19-10-12/h3-6,8,10H,2,7H2,1H3,(H,20,21,22). The van der Waals surface area contributed by atoms with E-state index < -0.39 is 0 Å². The van der Waals surface area contributed by atoms with Crippen LogP contribution < -0.4 is 4.74 Å². The average molecular weight is 306 g/mol. The van der Waals surface area contributed by atoms with Gasteiger partial charge in [0.2, 0.25) is 0 Å². The fraction of sp³-hybridized carbons (Fsp3) is 0.188. The van der Waals surface area contributed by atoms with Crippen molar-refractivity contribution in [2.24, 2.45) is 0 Å². The largest absolute Gasteiger partial charge is 0.492 e. The van der Waals surface area contributed by atoms with Gasteiger partial charge in [0.05, 0.1) is 24.6 Å². The molecular formula is C16H14N6O. The third-order valence-electron chi connectivity index (χ3n) is 3.16. The molecule has 0 radical (unpaired) electrons. The molecule has 1 N–H and O–H groups in total. The van der Waals surface area contributed by atoms with Crippen LogP contribution >= 0.6 is 0 Å². The van der Waals surface area contributed by atoms with Gasteiger partial charge in [-0.1, -0.05) is 6.92 Å². The van der Waals surface area contributed by atoms with E-state index in [0.29, 0.717) is 29.6 Å². The lowest BCUT2D eigenvalue weighted by molar-refractivity contribution is 0.316. The van der Waals surface area contributed by atoms with E-state index in [4.69, 9.17) is 4.74 Å². The van der Waals surface area contributed by atoms with E-state index in [2.05, 4.69) is 31.4 Å². The Balaban J connectivity index is 1.91. The van der Waals surface area contributed by atoms with E-state index in [1.54, 1.807) is 30.6 Å². The first-order chi connectivity index (χ1) is 11.3. The molecule has 3 rings (SSSR count). The Morgan fingerprint density at radius 2 is 2.13 bits per heavy atom. The van der Waals surface area contributed by atoms with Gasteiger partial charge >= 0.3 is 0 Å². The van der Waals surface area contributed by atoms with Gasteiger partial charge in [-0.2, -0.15) is 20.6 Å². The van der Waals surface area contributed by atoms with Crippen LogP contribution in [0.4, 0.5) is 0 Å². The van der Waals surface area contributed by atoms with Crippen LogP contribution in [0.1, 0.15) is 18.9 Å². The van der Waals surface area contributed by atoms with E-state index in [1.165, 1.54) is 0 Å². The molecule has 0 fully saturated rings. The summed E-state index contributed by atoms with van der Waals surface area (Å²) < 4.78 is 5.56. The minimum Gasteiger partial charge on any atom is -0.492 e. The first kappa shape index (κ1) is 14.7. The molecule has 0 saturated carbocycles. The number of nitrogens with zero attached hydrogens (tertiary/aromatic N) is 5. The van der Waals surface area contributed by atoms with E-state index in [0.717, 1.165) is 17.5 Å². The number of H-pyrrole nitrogens is 1. The number of aromatic nitrogens is 5. The van der Waals surface area contributed by atoms with Crippen LogP contribution in [0.5, 0.6) is 5.75 Å². The molecule has 0 aliphatic carbocycles. The summed E-state index contributed by atoms with van der Waals surface area (Å²) in [7, 11) is 0. The van der Waals surface area contributed by atoms with Crippen molar-refractivity contribution in [3.63, 3.8) is 0 Å². The van der Waals surface area contributed by atoms with Crippen molar-refractivity contribution in [2.45, 2.75) is 13.3 Å². The monoisotopic (exact) mass is 306 g/mol. The molecule has 0 aliphatic rings. The lowest BCUT2D eigenvalue weighted by Gasteiger charge is -2.07. The van der Waals surface area contributed by atoms with E-state index in [-0.39, 0.29) is 0 Å². The molecule has 0 unspecified atom stereocenters. The van der Waals surface area contributed by atoms with Crippen molar-refractivity contribution in [1.29, 1.82) is 5.26 Å². The highest BCUT2D eigenvalue weighted by molar-refractivity contribution is 5.64. The molecule has 0 saturated heterocycles. The second-order valence-corrected chi connectivity index (χ2v) is 4.81. The number of nitriles is 1. The molecule has 0 spiro atoms. The molecule has 23 heavy (non-hydrogen) atoms. The molecule has 0 bridgehead atoms. The second-order valence-electron chi connectivity index (χ2n) is 4.81. The lowest BCUT2D eigenvalue weighted by Crippen LogP contribution is -1.97. The van der Waals surface area contributed by atoms with Crippen LogP contribution in [-0.2, 0) is 0 Å². The van der Waals surface area contributed by atoms with Gasteiger partial charge in [0.15, 0.2) is 11.6 Å². The number of hydrogen-bond acceptors (Lipinski definition) is 6. The maximum atomic E-state index is 9.28. The Morgan fingerprint density at radius 3 is 2.87 bits per heavy atom. The highest BCUT2D eigenvalue weighted by atomic mass is 16.5. The summed E-state index contributed by atoms with van der Waals surface area (Å²) in [5.41, 5.74) is 2.01. The van der Waals surface area contributed by atoms with Gasteiger partial charge in [0, 0.05) is 11.1 Å². The lowest BCUT2D eigenvalue weighted by atomic mass is 10.1. The van der Waals surface area contributed by atoms with Gasteiger partial charge < -0.3 is 4.74 Å². The van der Waals surface area contributed by atoms with Gasteiger partial charge in [0.25, 0.3) is 0 Å². The Bertz CT molecular complexity index is 837. The van der Waals surface area contributed by atoms with Crippen molar-refractivity contribution in [3.05, 3.63) is 42.2 Å². The fourth-order valence-electron chi connectivity index (χ4n) is 2.05. The van der Waals surface area contributed by atoms with Crippen LogP contribution in [0.15, 0.2) is 36.7 Å². The van der Waals surface area contributed by atoms with Crippen LogP contribution in [0.3, 0.4) is 0 Å². The summed E-state index contributed by atoms with van der Waals surface area (Å²) in [6.45, 7) is 2.60. The Labute approximate surface area is 133 Å². The van der Waals surface area contributed by atoms with Crippen molar-refractivity contribution in [3.8, 4) is 34.6 Å². The molecule has 7 heteroatoms. The summed E-state index contributed by atoms with van der Waals surface area (Å²) in [5, 5.41) is 23.9. The minimum atomic E-state index is 0.472. The van der Waals surface area contributed by atoms with Crippen molar-refractivity contribution >= 4 is 0 Å². The molecule has 2 heterocycles. The predicted molar refractivity (Wildman–Crippen MR) is 83.3 cm³/mol. The molecule has 0 aliphatic heterocycles. The van der Waals surface area contributed by atoms with E-state index in [1.807, 2.05) is 13.0 Å². The zero-order valence-electron chi connectivity index (χ0n) is 12.5. The van der Waals surface area contributed by atoms with Crippen molar-refractivity contribution in [2.75, 3.05) is 6.61 Å². The first-order valence-electron chi connectivity index (χ1n) is 7.18. The van der Waals surface area contributed by atoms with E-state index in [9.17, 15) is 5.26 Å². The summed E-state index contributed by atoms with van der Waals surface area (Å²) >= 11 is 0. The quantitative estimate of drug-likeness (QED) is 0.777. The first-order valence-corrected chi connectivity index (χ1v) is 7.18. The molecule has 1 aromatic carbocycles. The van der Waals surface area contributed by atoms with Gasteiger partial charge in [-0.3, -0.25) is 5.10 Å². The number of rotatable bonds is 5. The van der Waals surface area contributed by atoms with Gasteiger partial charge in [-0.25, -0.2) is 4.98 Å². The second kappa shape index (κ2) is 6.66. The zero-order chi connectivity index (χ0) is 16.1. The van der Waals surface area contributed by atoms with Crippen molar-refractivity contribution in [1.82, 2.24) is 25.4 Å². The highest BCUT2D eigenvalue weighted by Crippen LogP contribution is 2.25. The highest BCUT2D eigenvalue weighted by Gasteiger charge is 2.11. The summed E-state index contributed by atoms with van der Waals surface area (Å²) in [5.74, 6) is 1.69. The fourth-order valence-corrected chi connectivity index (χ4v) is 2.05. The Hall–Kier alpha value is -3.27. The molecular weight excluding hydrogens is 292 g/mol. The topological polar surface area (TPSA) is 100 Å². The summed E-state index contributed by atoms with van der Waals surface area (Å²) in [6.07, 6.45) is 4.06. The minimum absolute atomic E-state index is 0.472. The molecule has 114 valence electrons. The Morgan fingerprint density at radius 1 is 1.22 bits per heavy atom. The molecule has 7 nitrogen and oxygen atoms in total. The van der Waals surface area contributed by atoms with Gasteiger partial charge in [-0.15, -0.1) is 0 Å². The van der Waals surface area contributed by atoms with Gasteiger partial charge in [0.1, 0.15) is 11.8 Å². The maximum absolute atomic E-state index is 9.28. The number of nitrogens with one attached hydrogen (secondary N) is 1. The third kappa shape index (κ3) is 3.16. The van der Waals surface area contributed by atoms with Crippen LogP contribution in [0.25, 0.3) is 22.8 Å². The number of benzene rings is 1. The van der Waals surface area contributed by atoms with Crippen LogP contribution in [-0.4, -0.2) is 32.0 Å². The normalized spacial score (nSPS) is 10.3. The van der Waals surface area contributed by atoms with Crippen molar-refractivity contribution < 1.29 is 4.74 Å². The third-order valence-corrected chi connectivity index (χ3v) is 3.16. The summed E-state index contributed by atoms with van der Waals surface area (Å²) in [4.78, 5) is 4.43. The smallest absolute Gasteiger partial charge is 0.183 e. The number of hydrogen-bond donors (Lipinski definition) is 1. The summed E-state index contributed by atoms with van der Waals surface area (Å²) in [6, 6.07) is 9.29. The zero-order valence-corrected chi connectivity index (χ0v) is 12.5. The number of ether oxygens (including phenoxy) is 1. The Kier molecular flexibility index (Phi) is 4.25. The van der Waals surface area contributed by atoms with Crippen LogP contribution in [0, 0.1) is 11.3 Å². The SMILES string of the molecule is CCCOc1ccc(-c2nc(-c3ccnnc3)n[nH]2)cc1C#N. The average Bonchev–Trinajstić information content (AvgIpc) is 3.10. The molecule has 0 amide bonds.